The normalized spacial score (nSPS) is 10.9. The maximum absolute atomic E-state index is 12.5. The van der Waals surface area contributed by atoms with Crippen LogP contribution in [0.2, 0.25) is 0 Å². The minimum atomic E-state index is -0.409. The number of aryl methyl sites for hydroxylation is 1. The van der Waals surface area contributed by atoms with Crippen molar-refractivity contribution in [1.29, 1.82) is 0 Å². The highest BCUT2D eigenvalue weighted by Crippen LogP contribution is 2.20. The van der Waals surface area contributed by atoms with E-state index in [1.165, 1.54) is 12.5 Å². The Morgan fingerprint density at radius 1 is 1.24 bits per heavy atom. The SMILES string of the molecule is Cc1nc(-c2cccc(NC(=O)c3c[nH]c4nc[nH]c(=O)c34)c2)n[nH]1. The van der Waals surface area contributed by atoms with Gasteiger partial charge in [0.25, 0.3) is 11.5 Å². The number of anilines is 1. The van der Waals surface area contributed by atoms with Gasteiger partial charge >= 0.3 is 0 Å². The van der Waals surface area contributed by atoms with Gasteiger partial charge in [0.15, 0.2) is 5.82 Å². The maximum atomic E-state index is 12.5. The highest BCUT2D eigenvalue weighted by atomic mass is 16.2. The van der Waals surface area contributed by atoms with Crippen molar-refractivity contribution in [1.82, 2.24) is 30.1 Å². The van der Waals surface area contributed by atoms with Crippen LogP contribution in [0.15, 0.2) is 41.6 Å². The Morgan fingerprint density at radius 3 is 2.92 bits per heavy atom. The fourth-order valence-electron chi connectivity index (χ4n) is 2.56. The zero-order valence-electron chi connectivity index (χ0n) is 13.1. The fraction of sp³-hybridized carbons (Fsp3) is 0.0625. The number of amides is 1. The lowest BCUT2D eigenvalue weighted by Crippen LogP contribution is -2.15. The summed E-state index contributed by atoms with van der Waals surface area (Å²) in [5.41, 5.74) is 1.55. The number of aromatic nitrogens is 6. The second-order valence-corrected chi connectivity index (χ2v) is 5.44. The molecule has 4 aromatic rings. The Morgan fingerprint density at radius 2 is 2.12 bits per heavy atom. The first-order valence-electron chi connectivity index (χ1n) is 7.47. The number of carbonyl (C=O) groups is 1. The first-order valence-corrected chi connectivity index (χ1v) is 7.47. The first-order chi connectivity index (χ1) is 12.1. The lowest BCUT2D eigenvalue weighted by molar-refractivity contribution is 0.102. The van der Waals surface area contributed by atoms with E-state index in [9.17, 15) is 9.59 Å². The summed E-state index contributed by atoms with van der Waals surface area (Å²) in [5.74, 6) is 0.837. The summed E-state index contributed by atoms with van der Waals surface area (Å²) < 4.78 is 0. The lowest BCUT2D eigenvalue weighted by Gasteiger charge is -2.05. The van der Waals surface area contributed by atoms with E-state index in [0.29, 0.717) is 23.0 Å². The van der Waals surface area contributed by atoms with E-state index < -0.39 is 5.91 Å². The zero-order valence-corrected chi connectivity index (χ0v) is 13.1. The number of hydrogen-bond acceptors (Lipinski definition) is 5. The van der Waals surface area contributed by atoms with Crippen molar-refractivity contribution in [2.45, 2.75) is 6.92 Å². The van der Waals surface area contributed by atoms with Gasteiger partial charge < -0.3 is 15.3 Å². The van der Waals surface area contributed by atoms with Gasteiger partial charge in [0.2, 0.25) is 0 Å². The summed E-state index contributed by atoms with van der Waals surface area (Å²) in [6, 6.07) is 7.15. The van der Waals surface area contributed by atoms with Crippen molar-refractivity contribution in [3.63, 3.8) is 0 Å². The minimum absolute atomic E-state index is 0.223. The van der Waals surface area contributed by atoms with Crippen LogP contribution in [0.25, 0.3) is 22.4 Å². The molecular weight excluding hydrogens is 322 g/mol. The topological polar surface area (TPSA) is 132 Å². The van der Waals surface area contributed by atoms with E-state index in [1.54, 1.807) is 18.2 Å². The Kier molecular flexibility index (Phi) is 3.38. The summed E-state index contributed by atoms with van der Waals surface area (Å²) in [7, 11) is 0. The van der Waals surface area contributed by atoms with Crippen LogP contribution in [0.3, 0.4) is 0 Å². The molecule has 0 bridgehead atoms. The minimum Gasteiger partial charge on any atom is -0.345 e. The van der Waals surface area contributed by atoms with E-state index in [0.717, 1.165) is 5.56 Å². The molecule has 0 fully saturated rings. The Labute approximate surface area is 140 Å². The van der Waals surface area contributed by atoms with Gasteiger partial charge in [-0.25, -0.2) is 9.97 Å². The van der Waals surface area contributed by atoms with Gasteiger partial charge in [-0.05, 0) is 19.1 Å². The van der Waals surface area contributed by atoms with E-state index in [4.69, 9.17) is 0 Å². The second-order valence-electron chi connectivity index (χ2n) is 5.44. The van der Waals surface area contributed by atoms with Crippen LogP contribution >= 0.6 is 0 Å². The quantitative estimate of drug-likeness (QED) is 0.451. The fourth-order valence-corrected chi connectivity index (χ4v) is 2.56. The Hall–Kier alpha value is -3.75. The zero-order chi connectivity index (χ0) is 17.4. The third kappa shape index (κ3) is 2.67. The number of fused-ring (bicyclic) bond motifs is 1. The van der Waals surface area contributed by atoms with Gasteiger partial charge in [-0.1, -0.05) is 12.1 Å². The molecule has 9 heteroatoms. The van der Waals surface area contributed by atoms with E-state index >= 15 is 0 Å². The molecule has 4 rings (SSSR count). The van der Waals surface area contributed by atoms with Gasteiger partial charge in [-0.3, -0.25) is 14.7 Å². The third-order valence-electron chi connectivity index (χ3n) is 3.70. The van der Waals surface area contributed by atoms with Gasteiger partial charge in [-0.2, -0.15) is 5.10 Å². The molecule has 124 valence electrons. The predicted molar refractivity (Wildman–Crippen MR) is 91.2 cm³/mol. The van der Waals surface area contributed by atoms with Crippen LogP contribution in [0.4, 0.5) is 5.69 Å². The number of carbonyl (C=O) groups excluding carboxylic acids is 1. The predicted octanol–water partition coefficient (Wildman–Crippen LogP) is 1.60. The molecule has 0 unspecified atom stereocenters. The largest absolute Gasteiger partial charge is 0.345 e. The number of rotatable bonds is 3. The number of nitrogens with zero attached hydrogens (tertiary/aromatic N) is 3. The molecule has 25 heavy (non-hydrogen) atoms. The van der Waals surface area contributed by atoms with Crippen molar-refractivity contribution in [3.8, 4) is 11.4 Å². The number of aromatic amines is 3. The molecule has 0 aliphatic heterocycles. The van der Waals surface area contributed by atoms with E-state index in [2.05, 4.69) is 35.5 Å². The Bertz CT molecular complexity index is 1140. The number of H-pyrrole nitrogens is 3. The highest BCUT2D eigenvalue weighted by Gasteiger charge is 2.16. The van der Waals surface area contributed by atoms with Crippen LogP contribution < -0.4 is 10.9 Å². The van der Waals surface area contributed by atoms with E-state index in [1.807, 2.05) is 13.0 Å². The summed E-state index contributed by atoms with van der Waals surface area (Å²) in [5, 5.41) is 9.88. The molecule has 0 spiro atoms. The molecule has 0 saturated heterocycles. The van der Waals surface area contributed by atoms with Crippen LogP contribution in [-0.4, -0.2) is 36.0 Å². The van der Waals surface area contributed by atoms with Crippen molar-refractivity contribution < 1.29 is 4.79 Å². The van der Waals surface area contributed by atoms with E-state index in [-0.39, 0.29) is 16.5 Å². The molecule has 0 saturated carbocycles. The van der Waals surface area contributed by atoms with Gasteiger partial charge in [-0.15, -0.1) is 0 Å². The van der Waals surface area contributed by atoms with Crippen molar-refractivity contribution in [2.24, 2.45) is 0 Å². The molecule has 0 atom stereocenters. The monoisotopic (exact) mass is 335 g/mol. The summed E-state index contributed by atoms with van der Waals surface area (Å²) in [6.07, 6.45) is 2.75. The van der Waals surface area contributed by atoms with Crippen LogP contribution in [0.5, 0.6) is 0 Å². The molecule has 0 radical (unpaired) electrons. The van der Waals surface area contributed by atoms with Gasteiger partial charge in [0.05, 0.1) is 17.3 Å². The summed E-state index contributed by atoms with van der Waals surface area (Å²) in [4.78, 5) is 38.0. The van der Waals surface area contributed by atoms with Crippen LogP contribution in [-0.2, 0) is 0 Å². The molecule has 3 heterocycles. The van der Waals surface area contributed by atoms with Crippen LogP contribution in [0.1, 0.15) is 16.2 Å². The van der Waals surface area contributed by atoms with Crippen LogP contribution in [0, 0.1) is 6.92 Å². The molecule has 1 aromatic carbocycles. The molecule has 9 nitrogen and oxygen atoms in total. The van der Waals surface area contributed by atoms with Gasteiger partial charge in [0, 0.05) is 17.4 Å². The first kappa shape index (κ1) is 14.8. The smallest absolute Gasteiger partial charge is 0.261 e. The summed E-state index contributed by atoms with van der Waals surface area (Å²) >= 11 is 0. The van der Waals surface area contributed by atoms with Crippen molar-refractivity contribution >= 4 is 22.6 Å². The lowest BCUT2D eigenvalue weighted by atomic mass is 10.1. The van der Waals surface area contributed by atoms with Gasteiger partial charge in [0.1, 0.15) is 11.5 Å². The second kappa shape index (κ2) is 5.71. The highest BCUT2D eigenvalue weighted by molar-refractivity contribution is 6.12. The van der Waals surface area contributed by atoms with Crippen molar-refractivity contribution in [2.75, 3.05) is 5.32 Å². The molecule has 0 aliphatic rings. The summed E-state index contributed by atoms with van der Waals surface area (Å²) in [6.45, 7) is 1.81. The molecule has 4 N–H and O–H groups in total. The number of hydrogen-bond donors (Lipinski definition) is 4. The average molecular weight is 335 g/mol. The standard InChI is InChI=1S/C16H13N7O2/c1-8-20-13(23-22-8)9-3-2-4-10(5-9)21-15(24)11-6-17-14-12(11)16(25)19-7-18-14/h2-7H,1H3,(H,21,24)(H,20,22,23)(H2,17,18,19,25). The average Bonchev–Trinajstić information content (AvgIpc) is 3.22. The third-order valence-corrected chi connectivity index (χ3v) is 3.70. The number of benzene rings is 1. The molecular formula is C16H13N7O2. The Balaban J connectivity index is 1.66. The molecule has 3 aromatic heterocycles. The van der Waals surface area contributed by atoms with Crippen molar-refractivity contribution in [3.05, 3.63) is 58.5 Å². The number of nitrogens with one attached hydrogen (secondary N) is 4. The molecule has 0 aliphatic carbocycles. The maximum Gasteiger partial charge on any atom is 0.261 e. The molecule has 1 amide bonds.